The van der Waals surface area contributed by atoms with Crippen molar-refractivity contribution in [2.24, 2.45) is 10.7 Å². The van der Waals surface area contributed by atoms with E-state index >= 15 is 0 Å². The number of hydrogen-bond acceptors (Lipinski definition) is 5. The van der Waals surface area contributed by atoms with Gasteiger partial charge in [-0.15, -0.1) is 24.0 Å². The number of carbonyl (C=O) groups is 1. The van der Waals surface area contributed by atoms with Crippen molar-refractivity contribution in [3.63, 3.8) is 0 Å². The van der Waals surface area contributed by atoms with Crippen LogP contribution in [0.25, 0.3) is 0 Å². The number of benzene rings is 1. The van der Waals surface area contributed by atoms with Gasteiger partial charge >= 0.3 is 6.09 Å². The smallest absolute Gasteiger partial charge is 0.410 e. The Balaban J connectivity index is 0.00000363. The Bertz CT molecular complexity index is 801. The molecule has 0 aliphatic carbocycles. The first kappa shape index (κ1) is 26.4. The molecule has 1 aromatic carbocycles. The number of piperazine rings is 1. The minimum atomic E-state index is -0.519. The fourth-order valence-corrected chi connectivity index (χ4v) is 3.73. The molecule has 180 valence electrons. The number of ether oxygens (including phenoxy) is 1. The average molecular weight is 563 g/mol. The van der Waals surface area contributed by atoms with Crippen LogP contribution in [0.4, 0.5) is 14.9 Å². The molecule has 1 aromatic rings. The number of nitrogens with two attached hydrogens (primary N) is 1. The van der Waals surface area contributed by atoms with Crippen molar-refractivity contribution in [2.45, 2.75) is 51.9 Å². The maximum Gasteiger partial charge on any atom is 0.410 e. The van der Waals surface area contributed by atoms with Crippen molar-refractivity contribution < 1.29 is 19.0 Å². The number of hydrogen-bond donors (Lipinski definition) is 2. The molecule has 2 fully saturated rings. The number of aliphatic hydroxyl groups excluding tert-OH is 1. The number of halogens is 2. The van der Waals surface area contributed by atoms with Gasteiger partial charge in [0.15, 0.2) is 5.96 Å². The molecule has 0 aromatic heterocycles. The molecule has 0 saturated carbocycles. The summed E-state index contributed by atoms with van der Waals surface area (Å²) in [6.07, 6.45) is 0.704. The largest absolute Gasteiger partial charge is 0.444 e. The molecule has 2 aliphatic heterocycles. The number of guanidine groups is 1. The van der Waals surface area contributed by atoms with Crippen LogP contribution in [0.5, 0.6) is 0 Å². The van der Waals surface area contributed by atoms with Gasteiger partial charge in [0.1, 0.15) is 11.4 Å². The number of aliphatic hydroxyl groups is 1. The van der Waals surface area contributed by atoms with Gasteiger partial charge in [-0.05, 0) is 51.3 Å². The average Bonchev–Trinajstić information content (AvgIpc) is 2.72. The predicted octanol–water partition coefficient (Wildman–Crippen LogP) is 2.77. The highest BCUT2D eigenvalue weighted by atomic mass is 127. The summed E-state index contributed by atoms with van der Waals surface area (Å²) in [5.74, 6) is 0.104. The topological polar surface area (TPSA) is 94.6 Å². The Kier molecular flexibility index (Phi) is 9.38. The number of piperidine rings is 1. The third-order valence-electron chi connectivity index (χ3n) is 5.50. The zero-order chi connectivity index (χ0) is 22.6. The van der Waals surface area contributed by atoms with Crippen LogP contribution in [0, 0.1) is 5.82 Å². The second-order valence-corrected chi connectivity index (χ2v) is 9.13. The Morgan fingerprint density at radius 1 is 1.16 bits per heavy atom. The van der Waals surface area contributed by atoms with Crippen molar-refractivity contribution in [3.8, 4) is 0 Å². The summed E-state index contributed by atoms with van der Waals surface area (Å²) in [6, 6.07) is 5.13. The molecular formula is C22H35FIN5O3. The van der Waals surface area contributed by atoms with Crippen LogP contribution < -0.4 is 10.6 Å². The Morgan fingerprint density at radius 3 is 2.31 bits per heavy atom. The van der Waals surface area contributed by atoms with E-state index in [-0.39, 0.29) is 48.5 Å². The van der Waals surface area contributed by atoms with Gasteiger partial charge in [0.2, 0.25) is 0 Å². The molecule has 0 unspecified atom stereocenters. The molecule has 2 saturated heterocycles. The quantitative estimate of drug-likeness (QED) is 0.334. The van der Waals surface area contributed by atoms with E-state index in [1.54, 1.807) is 11.0 Å². The third kappa shape index (κ3) is 7.36. The summed E-state index contributed by atoms with van der Waals surface area (Å²) in [5, 5.41) is 9.63. The lowest BCUT2D eigenvalue weighted by molar-refractivity contribution is 0.0186. The van der Waals surface area contributed by atoms with Crippen molar-refractivity contribution in [1.29, 1.82) is 0 Å². The molecule has 2 heterocycles. The number of amides is 1. The second-order valence-electron chi connectivity index (χ2n) is 9.13. The summed E-state index contributed by atoms with van der Waals surface area (Å²) < 4.78 is 20.0. The van der Waals surface area contributed by atoms with E-state index < -0.39 is 5.60 Å². The van der Waals surface area contributed by atoms with Crippen LogP contribution in [0.3, 0.4) is 0 Å². The van der Waals surface area contributed by atoms with Crippen molar-refractivity contribution >= 4 is 41.7 Å². The first-order chi connectivity index (χ1) is 14.6. The highest BCUT2D eigenvalue weighted by Gasteiger charge is 2.26. The van der Waals surface area contributed by atoms with E-state index in [2.05, 4.69) is 4.99 Å². The Hall–Kier alpha value is -1.82. The molecule has 2 aliphatic rings. The monoisotopic (exact) mass is 563 g/mol. The van der Waals surface area contributed by atoms with Crippen molar-refractivity contribution in [3.05, 3.63) is 29.6 Å². The highest BCUT2D eigenvalue weighted by molar-refractivity contribution is 14.0. The van der Waals surface area contributed by atoms with E-state index in [0.29, 0.717) is 63.8 Å². The zero-order valence-corrected chi connectivity index (χ0v) is 21.4. The Morgan fingerprint density at radius 2 is 1.75 bits per heavy atom. The molecule has 0 bridgehead atoms. The summed E-state index contributed by atoms with van der Waals surface area (Å²) in [6.45, 7) is 9.29. The summed E-state index contributed by atoms with van der Waals surface area (Å²) in [5.41, 5.74) is 6.92. The van der Waals surface area contributed by atoms with E-state index in [4.69, 9.17) is 10.5 Å². The van der Waals surface area contributed by atoms with Gasteiger partial charge in [-0.2, -0.15) is 0 Å². The van der Waals surface area contributed by atoms with E-state index in [1.807, 2.05) is 36.6 Å². The number of carbonyl (C=O) groups excluding carboxylic acids is 1. The molecule has 3 rings (SSSR count). The van der Waals surface area contributed by atoms with Gasteiger partial charge in [0.25, 0.3) is 0 Å². The normalized spacial score (nSPS) is 18.4. The molecule has 1 amide bonds. The number of aliphatic imine (C=N–C) groups is 1. The molecule has 3 N–H and O–H groups in total. The van der Waals surface area contributed by atoms with Gasteiger partial charge in [-0.3, -0.25) is 0 Å². The Labute approximate surface area is 206 Å². The zero-order valence-electron chi connectivity index (χ0n) is 19.1. The summed E-state index contributed by atoms with van der Waals surface area (Å²) >= 11 is 0. The molecule has 32 heavy (non-hydrogen) atoms. The number of nitrogens with zero attached hydrogens (tertiary/aromatic N) is 4. The van der Waals surface area contributed by atoms with E-state index in [9.17, 15) is 14.3 Å². The minimum Gasteiger partial charge on any atom is -0.444 e. The second kappa shape index (κ2) is 11.4. The first-order valence-electron chi connectivity index (χ1n) is 10.9. The van der Waals surface area contributed by atoms with Crippen LogP contribution in [-0.2, 0) is 11.3 Å². The van der Waals surface area contributed by atoms with Crippen LogP contribution in [0.2, 0.25) is 0 Å². The summed E-state index contributed by atoms with van der Waals surface area (Å²) in [4.78, 5) is 22.1. The minimum absolute atomic E-state index is 0. The van der Waals surface area contributed by atoms with Gasteiger partial charge in [0.05, 0.1) is 18.3 Å². The van der Waals surface area contributed by atoms with Crippen molar-refractivity contribution in [1.82, 2.24) is 9.80 Å². The number of rotatable bonds is 3. The van der Waals surface area contributed by atoms with Crippen LogP contribution in [0.15, 0.2) is 23.2 Å². The van der Waals surface area contributed by atoms with Crippen LogP contribution in [-0.4, -0.2) is 77.9 Å². The van der Waals surface area contributed by atoms with Crippen LogP contribution in [0.1, 0.15) is 39.2 Å². The van der Waals surface area contributed by atoms with E-state index in [0.717, 1.165) is 5.56 Å². The fraction of sp³-hybridized carbons (Fsp3) is 0.636. The summed E-state index contributed by atoms with van der Waals surface area (Å²) in [7, 11) is 0. The van der Waals surface area contributed by atoms with Crippen LogP contribution >= 0.6 is 24.0 Å². The lowest BCUT2D eigenvalue weighted by Gasteiger charge is -2.36. The maximum absolute atomic E-state index is 14.6. The van der Waals surface area contributed by atoms with Gasteiger partial charge < -0.3 is 30.3 Å². The van der Waals surface area contributed by atoms with E-state index in [1.165, 1.54) is 6.07 Å². The maximum atomic E-state index is 14.6. The highest BCUT2D eigenvalue weighted by Crippen LogP contribution is 2.24. The molecule has 0 spiro atoms. The first-order valence-corrected chi connectivity index (χ1v) is 10.9. The number of anilines is 1. The molecule has 0 atom stereocenters. The standard InChI is InChI=1S/C22H34FN5O3.HI/c1-22(2,3)31-21(30)28-12-10-27(11-13-28)20(24)25-15-16-4-5-19(18(23)14-16)26-8-6-17(29)7-9-26;/h4-5,14,17,29H,6-13,15H2,1-3H3,(H2,24,25);1H. The lowest BCUT2D eigenvalue weighted by Crippen LogP contribution is -2.53. The molecule has 0 radical (unpaired) electrons. The molecular weight excluding hydrogens is 528 g/mol. The van der Waals surface area contributed by atoms with Gasteiger partial charge in [0, 0.05) is 39.3 Å². The molecule has 8 nitrogen and oxygen atoms in total. The lowest BCUT2D eigenvalue weighted by atomic mass is 10.1. The van der Waals surface area contributed by atoms with Gasteiger partial charge in [-0.25, -0.2) is 14.2 Å². The van der Waals surface area contributed by atoms with Crippen molar-refractivity contribution in [2.75, 3.05) is 44.2 Å². The van der Waals surface area contributed by atoms with Gasteiger partial charge in [-0.1, -0.05) is 6.07 Å². The fourth-order valence-electron chi connectivity index (χ4n) is 3.73. The third-order valence-corrected chi connectivity index (χ3v) is 5.50. The predicted molar refractivity (Wildman–Crippen MR) is 134 cm³/mol. The molecule has 10 heteroatoms. The SMILES string of the molecule is CC(C)(C)OC(=O)N1CCN(C(N)=NCc2ccc(N3CCC(O)CC3)c(F)c2)CC1.I.